The largest absolute Gasteiger partial charge is 0.379 e. The summed E-state index contributed by atoms with van der Waals surface area (Å²) in [6.45, 7) is 8.98. The number of aromatic nitrogens is 1. The van der Waals surface area contributed by atoms with E-state index in [9.17, 15) is 9.59 Å². The molecule has 2 fully saturated rings. The molecule has 7 nitrogen and oxygen atoms in total. The summed E-state index contributed by atoms with van der Waals surface area (Å²) >= 11 is 0. The van der Waals surface area contributed by atoms with Crippen molar-refractivity contribution in [2.75, 3.05) is 39.4 Å². The van der Waals surface area contributed by atoms with Crippen molar-refractivity contribution in [3.8, 4) is 0 Å². The number of morpholine rings is 1. The minimum absolute atomic E-state index is 0.0651. The van der Waals surface area contributed by atoms with Gasteiger partial charge in [0.25, 0.3) is 5.56 Å². The number of rotatable bonds is 6. The molecule has 2 heterocycles. The van der Waals surface area contributed by atoms with E-state index in [4.69, 9.17) is 4.74 Å². The molecule has 2 aromatic rings. The van der Waals surface area contributed by atoms with Crippen LogP contribution >= 0.6 is 0 Å². The zero-order chi connectivity index (χ0) is 22.5. The number of ether oxygens (including phenoxy) is 1. The second-order valence-electron chi connectivity index (χ2n) is 9.26. The van der Waals surface area contributed by atoms with Gasteiger partial charge in [0.1, 0.15) is 0 Å². The van der Waals surface area contributed by atoms with Crippen LogP contribution in [0.2, 0.25) is 0 Å². The van der Waals surface area contributed by atoms with Crippen molar-refractivity contribution in [2.24, 2.45) is 0 Å². The number of aryl methyl sites for hydroxylation is 2. The highest BCUT2D eigenvalue weighted by Crippen LogP contribution is 2.20. The maximum Gasteiger partial charge on any atom is 0.317 e. The average Bonchev–Trinajstić information content (AvgIpc) is 2.81. The number of H-pyrrole nitrogens is 1. The molecule has 0 unspecified atom stereocenters. The van der Waals surface area contributed by atoms with Crippen molar-refractivity contribution in [1.29, 1.82) is 0 Å². The van der Waals surface area contributed by atoms with E-state index in [1.54, 1.807) is 0 Å². The van der Waals surface area contributed by atoms with Crippen LogP contribution in [0.4, 0.5) is 4.79 Å². The lowest BCUT2D eigenvalue weighted by Gasteiger charge is -2.32. The summed E-state index contributed by atoms with van der Waals surface area (Å²) in [4.78, 5) is 33.3. The zero-order valence-corrected chi connectivity index (χ0v) is 19.4. The molecule has 1 aliphatic carbocycles. The molecule has 2 N–H and O–H groups in total. The summed E-state index contributed by atoms with van der Waals surface area (Å²) in [6.07, 6.45) is 5.67. The first kappa shape index (κ1) is 22.8. The Morgan fingerprint density at radius 1 is 1.19 bits per heavy atom. The van der Waals surface area contributed by atoms with E-state index < -0.39 is 0 Å². The van der Waals surface area contributed by atoms with Gasteiger partial charge in [0, 0.05) is 37.8 Å². The third-order valence-corrected chi connectivity index (χ3v) is 7.00. The SMILES string of the molecule is Cc1ccc2cc(CN(CCN3CCOCC3)C(=O)NC3CCCCC3)c(=O)[nH]c2c1C. The van der Waals surface area contributed by atoms with E-state index in [0.29, 0.717) is 18.7 Å². The number of benzene rings is 1. The average molecular weight is 441 g/mol. The Labute approximate surface area is 190 Å². The van der Waals surface area contributed by atoms with Gasteiger partial charge in [0.2, 0.25) is 0 Å². The molecule has 2 aliphatic rings. The lowest BCUT2D eigenvalue weighted by Crippen LogP contribution is -2.49. The molecular formula is C25H36N4O3. The van der Waals surface area contributed by atoms with Gasteiger partial charge in [-0.15, -0.1) is 0 Å². The number of carbonyl (C=O) groups excluding carboxylic acids is 1. The number of carbonyl (C=O) groups is 1. The van der Waals surface area contributed by atoms with Crippen molar-refractivity contribution >= 4 is 16.9 Å². The minimum atomic E-state index is -0.118. The third-order valence-electron chi connectivity index (χ3n) is 7.00. The first-order chi connectivity index (χ1) is 15.5. The fourth-order valence-electron chi connectivity index (χ4n) is 4.75. The molecule has 0 radical (unpaired) electrons. The van der Waals surface area contributed by atoms with Crippen molar-refractivity contribution in [3.63, 3.8) is 0 Å². The monoisotopic (exact) mass is 440 g/mol. The van der Waals surface area contributed by atoms with Gasteiger partial charge in [-0.3, -0.25) is 9.69 Å². The van der Waals surface area contributed by atoms with Gasteiger partial charge >= 0.3 is 6.03 Å². The summed E-state index contributed by atoms with van der Waals surface area (Å²) < 4.78 is 5.44. The van der Waals surface area contributed by atoms with Crippen LogP contribution < -0.4 is 10.9 Å². The second-order valence-corrected chi connectivity index (χ2v) is 9.26. The molecule has 1 aliphatic heterocycles. The summed E-state index contributed by atoms with van der Waals surface area (Å²) in [5, 5.41) is 4.23. The van der Waals surface area contributed by atoms with Gasteiger partial charge in [0.05, 0.1) is 25.3 Å². The number of nitrogens with one attached hydrogen (secondary N) is 2. The molecule has 174 valence electrons. The van der Waals surface area contributed by atoms with Crippen LogP contribution in [-0.2, 0) is 11.3 Å². The lowest BCUT2D eigenvalue weighted by atomic mass is 9.96. The number of aromatic amines is 1. The van der Waals surface area contributed by atoms with Crippen molar-refractivity contribution in [1.82, 2.24) is 20.1 Å². The van der Waals surface area contributed by atoms with Crippen LogP contribution in [0.15, 0.2) is 23.0 Å². The molecule has 1 saturated heterocycles. The minimum Gasteiger partial charge on any atom is -0.379 e. The molecule has 32 heavy (non-hydrogen) atoms. The molecule has 0 spiro atoms. The van der Waals surface area contributed by atoms with Gasteiger partial charge in [-0.25, -0.2) is 4.79 Å². The van der Waals surface area contributed by atoms with E-state index in [1.807, 2.05) is 30.9 Å². The van der Waals surface area contributed by atoms with Gasteiger partial charge in [-0.05, 0) is 49.3 Å². The van der Waals surface area contributed by atoms with Crippen LogP contribution in [-0.4, -0.2) is 66.2 Å². The summed E-state index contributed by atoms with van der Waals surface area (Å²) in [5.41, 5.74) is 3.63. The molecular weight excluding hydrogens is 404 g/mol. The fraction of sp³-hybridized carbons (Fsp3) is 0.600. The van der Waals surface area contributed by atoms with Crippen molar-refractivity contribution in [3.05, 3.63) is 45.2 Å². The lowest BCUT2D eigenvalue weighted by molar-refractivity contribution is 0.0345. The molecule has 2 amide bonds. The highest BCUT2D eigenvalue weighted by molar-refractivity contribution is 5.83. The third kappa shape index (κ3) is 5.51. The molecule has 0 bridgehead atoms. The first-order valence-corrected chi connectivity index (χ1v) is 12.0. The van der Waals surface area contributed by atoms with Crippen molar-refractivity contribution < 1.29 is 9.53 Å². The zero-order valence-electron chi connectivity index (χ0n) is 19.4. The predicted octanol–water partition coefficient (Wildman–Crippen LogP) is 3.32. The normalized spacial score (nSPS) is 18.1. The number of hydrogen-bond acceptors (Lipinski definition) is 4. The number of fused-ring (bicyclic) bond motifs is 1. The Kier molecular flexibility index (Phi) is 7.48. The Bertz CT molecular complexity index is 991. The molecule has 4 rings (SSSR count). The maximum atomic E-state index is 13.2. The van der Waals surface area contributed by atoms with E-state index in [2.05, 4.69) is 21.3 Å². The highest BCUT2D eigenvalue weighted by Gasteiger charge is 2.22. The summed E-state index contributed by atoms with van der Waals surface area (Å²) in [5.74, 6) is 0. The topological polar surface area (TPSA) is 77.7 Å². The van der Waals surface area contributed by atoms with Gasteiger partial charge in [0.15, 0.2) is 0 Å². The van der Waals surface area contributed by atoms with Gasteiger partial charge < -0.3 is 19.9 Å². The summed E-state index contributed by atoms with van der Waals surface area (Å²) in [6, 6.07) is 6.23. The highest BCUT2D eigenvalue weighted by atomic mass is 16.5. The summed E-state index contributed by atoms with van der Waals surface area (Å²) in [7, 11) is 0. The Balaban J connectivity index is 1.52. The van der Waals surface area contributed by atoms with Crippen LogP contribution in [0.3, 0.4) is 0 Å². The van der Waals surface area contributed by atoms with Crippen LogP contribution in [0.25, 0.3) is 10.9 Å². The van der Waals surface area contributed by atoms with Crippen LogP contribution in [0, 0.1) is 13.8 Å². The Hall–Kier alpha value is -2.38. The Morgan fingerprint density at radius 3 is 2.69 bits per heavy atom. The number of nitrogens with zero attached hydrogens (tertiary/aromatic N) is 2. The number of amides is 2. The van der Waals surface area contributed by atoms with E-state index in [1.165, 1.54) is 19.3 Å². The molecule has 7 heteroatoms. The van der Waals surface area contributed by atoms with Crippen molar-refractivity contribution in [2.45, 2.75) is 58.5 Å². The molecule has 0 atom stereocenters. The van der Waals surface area contributed by atoms with Gasteiger partial charge in [-0.1, -0.05) is 31.4 Å². The second kappa shape index (κ2) is 10.5. The van der Waals surface area contributed by atoms with Crippen LogP contribution in [0.5, 0.6) is 0 Å². The molecule has 1 aromatic carbocycles. The standard InChI is InChI=1S/C25H36N4O3/c1-18-8-9-20-16-21(24(30)27-23(20)19(18)2)17-29(11-10-28-12-14-32-15-13-28)25(31)26-22-6-4-3-5-7-22/h8-9,16,22H,3-7,10-15,17H2,1-2H3,(H,26,31)(H,27,30). The smallest absolute Gasteiger partial charge is 0.317 e. The predicted molar refractivity (Wildman–Crippen MR) is 127 cm³/mol. The van der Waals surface area contributed by atoms with E-state index >= 15 is 0 Å². The van der Waals surface area contributed by atoms with Crippen LogP contribution in [0.1, 0.15) is 48.8 Å². The van der Waals surface area contributed by atoms with E-state index in [0.717, 1.165) is 67.7 Å². The number of pyridine rings is 1. The maximum absolute atomic E-state index is 13.2. The van der Waals surface area contributed by atoms with Gasteiger partial charge in [-0.2, -0.15) is 0 Å². The number of hydrogen-bond donors (Lipinski definition) is 2. The first-order valence-electron chi connectivity index (χ1n) is 12.0. The fourth-order valence-corrected chi connectivity index (χ4v) is 4.75. The quantitative estimate of drug-likeness (QED) is 0.722. The van der Waals surface area contributed by atoms with E-state index in [-0.39, 0.29) is 17.6 Å². The molecule has 1 aromatic heterocycles. The Morgan fingerprint density at radius 2 is 1.94 bits per heavy atom. The number of urea groups is 1. The molecule has 1 saturated carbocycles.